The number of nitro benzene ring substituents is 1. The van der Waals surface area contributed by atoms with E-state index in [0.717, 1.165) is 0 Å². The number of benzene rings is 1. The van der Waals surface area contributed by atoms with Crippen LogP contribution in [0.3, 0.4) is 0 Å². The number of hydrogen-bond acceptors (Lipinski definition) is 8. The number of carboxylic acid groups (broad SMARTS) is 1. The number of amides is 2. The quantitative estimate of drug-likeness (QED) is 0.135. The average molecular weight is 465 g/mol. The number of aryl methyl sites for hydroxylation is 1. The summed E-state index contributed by atoms with van der Waals surface area (Å²) in [4.78, 5) is 49.9. The van der Waals surface area contributed by atoms with E-state index < -0.39 is 29.3 Å². The minimum absolute atomic E-state index is 0. The number of nitro groups is 1. The largest absolute Gasteiger partial charge is 1.00 e. The average Bonchev–Trinajstić information content (AvgIpc) is 2.75. The van der Waals surface area contributed by atoms with E-state index in [0.29, 0.717) is 24.3 Å². The molecule has 0 radical (unpaired) electrons. The first-order valence-electron chi connectivity index (χ1n) is 9.92. The molecule has 0 saturated carbocycles. The summed E-state index contributed by atoms with van der Waals surface area (Å²) in [7, 11) is 0. The Balaban J connectivity index is 0.00000544. The number of carbonyl (C=O) groups excluding carboxylic acids is 3. The van der Waals surface area contributed by atoms with Crippen LogP contribution in [0.25, 0.3) is 0 Å². The SMILES string of the molecule is Cc1ccc(C(CC(=O)[O-])NC(=O)CNC(=O)CCCNc2ccccn2)cc1[N+](=O)[O-].[Na+]. The molecule has 11 nitrogen and oxygen atoms in total. The summed E-state index contributed by atoms with van der Waals surface area (Å²) in [5, 5.41) is 30.2. The summed E-state index contributed by atoms with van der Waals surface area (Å²) in [6.45, 7) is 1.72. The number of hydrogen-bond donors (Lipinski definition) is 3. The maximum atomic E-state index is 12.2. The molecule has 1 unspecified atom stereocenters. The van der Waals surface area contributed by atoms with Gasteiger partial charge in [-0.1, -0.05) is 18.2 Å². The smallest absolute Gasteiger partial charge is 0.550 e. The van der Waals surface area contributed by atoms with Gasteiger partial charge in [0, 0.05) is 43.2 Å². The van der Waals surface area contributed by atoms with E-state index in [2.05, 4.69) is 20.9 Å². The van der Waals surface area contributed by atoms with Gasteiger partial charge in [0.05, 0.1) is 17.5 Å². The van der Waals surface area contributed by atoms with Gasteiger partial charge in [-0.15, -0.1) is 0 Å². The van der Waals surface area contributed by atoms with Gasteiger partial charge in [-0.25, -0.2) is 4.98 Å². The van der Waals surface area contributed by atoms with Gasteiger partial charge in [-0.2, -0.15) is 0 Å². The number of nitrogens with one attached hydrogen (secondary N) is 3. The minimum atomic E-state index is -1.43. The van der Waals surface area contributed by atoms with Gasteiger partial charge < -0.3 is 25.9 Å². The van der Waals surface area contributed by atoms with Crippen LogP contribution >= 0.6 is 0 Å². The van der Waals surface area contributed by atoms with E-state index in [1.165, 1.54) is 18.2 Å². The van der Waals surface area contributed by atoms with E-state index >= 15 is 0 Å². The van der Waals surface area contributed by atoms with Crippen LogP contribution in [-0.2, 0) is 14.4 Å². The van der Waals surface area contributed by atoms with Crippen molar-refractivity contribution in [2.24, 2.45) is 0 Å². The van der Waals surface area contributed by atoms with Crippen LogP contribution in [0.1, 0.15) is 36.4 Å². The van der Waals surface area contributed by atoms with E-state index in [-0.39, 0.29) is 59.7 Å². The molecule has 1 aromatic heterocycles. The summed E-state index contributed by atoms with van der Waals surface area (Å²) in [6, 6.07) is 8.59. The van der Waals surface area contributed by atoms with Crippen molar-refractivity contribution in [3.05, 3.63) is 63.8 Å². The Morgan fingerprint density at radius 3 is 2.55 bits per heavy atom. The van der Waals surface area contributed by atoms with Crippen LogP contribution < -0.4 is 50.6 Å². The third kappa shape index (κ3) is 9.98. The van der Waals surface area contributed by atoms with Crippen LogP contribution in [0.5, 0.6) is 0 Å². The van der Waals surface area contributed by atoms with Crippen molar-refractivity contribution in [3.63, 3.8) is 0 Å². The third-order valence-corrected chi connectivity index (χ3v) is 4.54. The Labute approximate surface area is 212 Å². The van der Waals surface area contributed by atoms with Crippen molar-refractivity contribution in [3.8, 4) is 0 Å². The first kappa shape index (κ1) is 28.0. The second-order valence-electron chi connectivity index (χ2n) is 7.02. The topological polar surface area (TPSA) is 166 Å². The molecule has 33 heavy (non-hydrogen) atoms. The third-order valence-electron chi connectivity index (χ3n) is 4.54. The van der Waals surface area contributed by atoms with Gasteiger partial charge in [0.1, 0.15) is 5.82 Å². The number of aliphatic carboxylic acids is 1. The van der Waals surface area contributed by atoms with Crippen LogP contribution in [0.15, 0.2) is 42.6 Å². The molecule has 3 N–H and O–H groups in total. The second kappa shape index (κ2) is 14.2. The van der Waals surface area contributed by atoms with Gasteiger partial charge in [0.25, 0.3) is 5.69 Å². The number of nitrogens with zero attached hydrogens (tertiary/aromatic N) is 2. The number of anilines is 1. The zero-order chi connectivity index (χ0) is 23.5. The monoisotopic (exact) mass is 465 g/mol. The van der Waals surface area contributed by atoms with Crippen LogP contribution in [0, 0.1) is 17.0 Å². The Hall–Kier alpha value is -3.02. The van der Waals surface area contributed by atoms with Gasteiger partial charge in [-0.05, 0) is 31.0 Å². The molecule has 170 valence electrons. The Bertz CT molecular complexity index is 973. The summed E-state index contributed by atoms with van der Waals surface area (Å²) in [5.41, 5.74) is 0.474. The molecule has 2 rings (SSSR count). The Morgan fingerprint density at radius 1 is 1.15 bits per heavy atom. The molecule has 0 bridgehead atoms. The zero-order valence-corrected chi connectivity index (χ0v) is 20.5. The second-order valence-corrected chi connectivity index (χ2v) is 7.02. The normalized spacial score (nSPS) is 10.9. The fraction of sp³-hybridized carbons (Fsp3) is 0.333. The molecule has 1 aromatic carbocycles. The molecule has 12 heteroatoms. The molecule has 0 aliphatic rings. The molecular formula is C21H24N5NaO6. The first-order valence-corrected chi connectivity index (χ1v) is 9.92. The van der Waals surface area contributed by atoms with Crippen molar-refractivity contribution in [1.29, 1.82) is 0 Å². The van der Waals surface area contributed by atoms with E-state index in [4.69, 9.17) is 0 Å². The Morgan fingerprint density at radius 2 is 1.91 bits per heavy atom. The first-order chi connectivity index (χ1) is 15.3. The van der Waals surface area contributed by atoms with Crippen molar-refractivity contribution in [1.82, 2.24) is 15.6 Å². The van der Waals surface area contributed by atoms with Gasteiger partial charge in [-0.3, -0.25) is 19.7 Å². The standard InChI is InChI=1S/C21H25N5O6.Na/c1-14-7-8-15(11-17(14)26(31)32)16(12-21(29)30)25-20(28)13-24-19(27)6-4-10-23-18-5-2-3-9-22-18;/h2-3,5,7-9,11,16H,4,6,10,12-13H2,1H3,(H,22,23)(H,24,27)(H,25,28)(H,29,30);/q;+1/p-1. The summed E-state index contributed by atoms with van der Waals surface area (Å²) in [5.74, 6) is -1.70. The maximum absolute atomic E-state index is 12.2. The van der Waals surface area contributed by atoms with Crippen LogP contribution in [-0.4, -0.2) is 40.8 Å². The van der Waals surface area contributed by atoms with Crippen LogP contribution in [0.4, 0.5) is 11.5 Å². The molecular weight excluding hydrogens is 441 g/mol. The molecule has 2 amide bonds. The van der Waals surface area contributed by atoms with Crippen LogP contribution in [0.2, 0.25) is 0 Å². The number of carboxylic acids is 1. The number of rotatable bonds is 12. The van der Waals surface area contributed by atoms with E-state index in [9.17, 15) is 29.6 Å². The molecule has 0 fully saturated rings. The molecule has 0 aliphatic carbocycles. The molecule has 1 heterocycles. The molecule has 2 aromatic rings. The van der Waals surface area contributed by atoms with Gasteiger partial charge >= 0.3 is 29.6 Å². The van der Waals surface area contributed by atoms with Crippen molar-refractivity contribution in [2.45, 2.75) is 32.2 Å². The van der Waals surface area contributed by atoms with Crippen molar-refractivity contribution in [2.75, 3.05) is 18.4 Å². The predicted octanol–water partition coefficient (Wildman–Crippen LogP) is -2.39. The zero-order valence-electron chi connectivity index (χ0n) is 18.5. The molecule has 0 aliphatic heterocycles. The summed E-state index contributed by atoms with van der Waals surface area (Å²) in [6.07, 6.45) is 1.78. The van der Waals surface area contributed by atoms with E-state index in [1.807, 2.05) is 6.07 Å². The molecule has 1 atom stereocenters. The molecule has 0 saturated heterocycles. The Kier molecular flexibility index (Phi) is 12.0. The maximum Gasteiger partial charge on any atom is 1.00 e. The number of aromatic nitrogens is 1. The summed E-state index contributed by atoms with van der Waals surface area (Å²) >= 11 is 0. The van der Waals surface area contributed by atoms with Crippen molar-refractivity contribution >= 4 is 29.3 Å². The van der Waals surface area contributed by atoms with Gasteiger partial charge in [0.2, 0.25) is 11.8 Å². The molecule has 0 spiro atoms. The fourth-order valence-corrected chi connectivity index (χ4v) is 2.90. The van der Waals surface area contributed by atoms with E-state index in [1.54, 1.807) is 25.3 Å². The van der Waals surface area contributed by atoms with Gasteiger partial charge in [0.15, 0.2) is 0 Å². The minimum Gasteiger partial charge on any atom is -0.550 e. The predicted molar refractivity (Wildman–Crippen MR) is 113 cm³/mol. The fourth-order valence-electron chi connectivity index (χ4n) is 2.90. The van der Waals surface area contributed by atoms with Crippen molar-refractivity contribution < 1.29 is 54.0 Å². The number of pyridine rings is 1. The number of carbonyl (C=O) groups is 3. The summed E-state index contributed by atoms with van der Waals surface area (Å²) < 4.78 is 0.